The van der Waals surface area contributed by atoms with E-state index in [-0.39, 0.29) is 0 Å². The highest BCUT2D eigenvalue weighted by molar-refractivity contribution is 7.99. The van der Waals surface area contributed by atoms with E-state index in [0.717, 1.165) is 24.4 Å². The Morgan fingerprint density at radius 2 is 1.83 bits per heavy atom. The molecule has 18 heavy (non-hydrogen) atoms. The molecule has 1 heterocycles. The zero-order valence-electron chi connectivity index (χ0n) is 11.8. The van der Waals surface area contributed by atoms with Crippen LogP contribution in [0.5, 0.6) is 0 Å². The average molecular weight is 271 g/mol. The molecule has 2 rings (SSSR count). The van der Waals surface area contributed by atoms with E-state index in [4.69, 9.17) is 4.74 Å². The first kappa shape index (κ1) is 14.7. The van der Waals surface area contributed by atoms with Crippen LogP contribution in [0.15, 0.2) is 0 Å². The van der Waals surface area contributed by atoms with Crippen molar-refractivity contribution in [2.24, 2.45) is 5.92 Å². The normalized spacial score (nSPS) is 25.2. The molecular weight excluding hydrogens is 242 g/mol. The molecule has 2 aliphatic rings. The van der Waals surface area contributed by atoms with E-state index in [1.165, 1.54) is 57.1 Å². The highest BCUT2D eigenvalue weighted by Crippen LogP contribution is 2.30. The lowest BCUT2D eigenvalue weighted by Crippen LogP contribution is -2.32. The van der Waals surface area contributed by atoms with Crippen LogP contribution in [0, 0.1) is 5.92 Å². The van der Waals surface area contributed by atoms with Crippen molar-refractivity contribution >= 4 is 11.8 Å². The van der Waals surface area contributed by atoms with Crippen LogP contribution < -0.4 is 5.32 Å². The van der Waals surface area contributed by atoms with Crippen molar-refractivity contribution in [3.8, 4) is 0 Å². The van der Waals surface area contributed by atoms with E-state index in [1.807, 2.05) is 0 Å². The van der Waals surface area contributed by atoms with Crippen molar-refractivity contribution in [3.63, 3.8) is 0 Å². The molecule has 3 heteroatoms. The van der Waals surface area contributed by atoms with Gasteiger partial charge in [-0.05, 0) is 45.1 Å². The molecule has 1 saturated carbocycles. The SMILES string of the molecule is CNC(CSC1CCCCC1)CC1CCOCC1. The number of hydrogen-bond acceptors (Lipinski definition) is 3. The van der Waals surface area contributed by atoms with Gasteiger partial charge in [0.1, 0.15) is 0 Å². The van der Waals surface area contributed by atoms with E-state index >= 15 is 0 Å². The predicted octanol–water partition coefficient (Wildman–Crippen LogP) is 3.46. The molecule has 1 saturated heterocycles. The van der Waals surface area contributed by atoms with Crippen LogP contribution in [0.3, 0.4) is 0 Å². The Balaban J connectivity index is 1.64. The Hall–Kier alpha value is 0.270. The van der Waals surface area contributed by atoms with Crippen molar-refractivity contribution in [1.82, 2.24) is 5.32 Å². The second kappa shape index (κ2) is 8.44. The van der Waals surface area contributed by atoms with Gasteiger partial charge in [-0.1, -0.05) is 19.3 Å². The van der Waals surface area contributed by atoms with Gasteiger partial charge in [0.2, 0.25) is 0 Å². The summed E-state index contributed by atoms with van der Waals surface area (Å²) < 4.78 is 5.44. The second-order valence-electron chi connectivity index (χ2n) is 5.87. The largest absolute Gasteiger partial charge is 0.381 e. The zero-order chi connectivity index (χ0) is 12.6. The van der Waals surface area contributed by atoms with Crippen LogP contribution in [0.2, 0.25) is 0 Å². The molecule has 0 aromatic carbocycles. The molecule has 106 valence electrons. The Morgan fingerprint density at radius 3 is 2.50 bits per heavy atom. The summed E-state index contributed by atoms with van der Waals surface area (Å²) in [4.78, 5) is 0. The lowest BCUT2D eigenvalue weighted by atomic mass is 9.93. The van der Waals surface area contributed by atoms with E-state index in [0.29, 0.717) is 6.04 Å². The molecule has 1 N–H and O–H groups in total. The van der Waals surface area contributed by atoms with Crippen LogP contribution in [-0.2, 0) is 4.74 Å². The molecule has 1 aliphatic carbocycles. The fourth-order valence-corrected chi connectivity index (χ4v) is 4.61. The minimum absolute atomic E-state index is 0.708. The molecule has 2 fully saturated rings. The van der Waals surface area contributed by atoms with Crippen LogP contribution >= 0.6 is 11.8 Å². The first-order valence-corrected chi connectivity index (χ1v) is 8.80. The van der Waals surface area contributed by atoms with Gasteiger partial charge < -0.3 is 10.1 Å². The second-order valence-corrected chi connectivity index (χ2v) is 7.20. The number of hydrogen-bond donors (Lipinski definition) is 1. The molecule has 0 spiro atoms. The molecule has 0 amide bonds. The molecule has 1 aliphatic heterocycles. The summed E-state index contributed by atoms with van der Waals surface area (Å²) in [6.45, 7) is 1.97. The maximum Gasteiger partial charge on any atom is 0.0468 e. The molecule has 0 aromatic heterocycles. The summed E-state index contributed by atoms with van der Waals surface area (Å²) >= 11 is 2.22. The summed E-state index contributed by atoms with van der Waals surface area (Å²) in [6.07, 6.45) is 11.2. The molecular formula is C15H29NOS. The number of thioether (sulfide) groups is 1. The third-order valence-corrected chi connectivity index (χ3v) is 5.99. The Labute approximate surface area is 117 Å². The highest BCUT2D eigenvalue weighted by atomic mass is 32.2. The fraction of sp³-hybridized carbons (Fsp3) is 1.00. The van der Waals surface area contributed by atoms with Crippen LogP contribution in [0.1, 0.15) is 51.4 Å². The fourth-order valence-electron chi connectivity index (χ4n) is 3.14. The molecule has 0 radical (unpaired) electrons. The van der Waals surface area contributed by atoms with Gasteiger partial charge in [0.05, 0.1) is 0 Å². The van der Waals surface area contributed by atoms with Gasteiger partial charge in [0, 0.05) is 30.3 Å². The maximum atomic E-state index is 5.44. The van der Waals surface area contributed by atoms with Crippen molar-refractivity contribution in [1.29, 1.82) is 0 Å². The van der Waals surface area contributed by atoms with Gasteiger partial charge in [-0.15, -0.1) is 0 Å². The minimum atomic E-state index is 0.708. The van der Waals surface area contributed by atoms with E-state index in [1.54, 1.807) is 0 Å². The molecule has 0 aromatic rings. The third-order valence-electron chi connectivity index (χ3n) is 4.45. The van der Waals surface area contributed by atoms with Crippen molar-refractivity contribution in [2.75, 3.05) is 26.0 Å². The van der Waals surface area contributed by atoms with Gasteiger partial charge in [-0.3, -0.25) is 0 Å². The van der Waals surface area contributed by atoms with E-state index in [9.17, 15) is 0 Å². The quantitative estimate of drug-likeness (QED) is 0.799. The monoisotopic (exact) mass is 271 g/mol. The lowest BCUT2D eigenvalue weighted by Gasteiger charge is -2.28. The first-order chi connectivity index (χ1) is 8.88. The van der Waals surface area contributed by atoms with Crippen LogP contribution in [0.25, 0.3) is 0 Å². The predicted molar refractivity (Wildman–Crippen MR) is 80.3 cm³/mol. The van der Waals surface area contributed by atoms with Gasteiger partial charge in [0.25, 0.3) is 0 Å². The topological polar surface area (TPSA) is 21.3 Å². The Kier molecular flexibility index (Phi) is 6.88. The minimum Gasteiger partial charge on any atom is -0.381 e. The average Bonchev–Trinajstić information content (AvgIpc) is 2.45. The van der Waals surface area contributed by atoms with Gasteiger partial charge >= 0.3 is 0 Å². The molecule has 0 bridgehead atoms. The number of rotatable bonds is 6. The van der Waals surface area contributed by atoms with Crippen molar-refractivity contribution in [2.45, 2.75) is 62.7 Å². The summed E-state index contributed by atoms with van der Waals surface area (Å²) in [5, 5.41) is 4.48. The lowest BCUT2D eigenvalue weighted by molar-refractivity contribution is 0.0616. The number of ether oxygens (including phenoxy) is 1. The van der Waals surface area contributed by atoms with Gasteiger partial charge in [0.15, 0.2) is 0 Å². The first-order valence-electron chi connectivity index (χ1n) is 7.75. The van der Waals surface area contributed by atoms with E-state index < -0.39 is 0 Å². The van der Waals surface area contributed by atoms with Gasteiger partial charge in [-0.2, -0.15) is 11.8 Å². The van der Waals surface area contributed by atoms with Gasteiger partial charge in [-0.25, -0.2) is 0 Å². The summed E-state index contributed by atoms with van der Waals surface area (Å²) in [5.41, 5.74) is 0. The zero-order valence-corrected chi connectivity index (χ0v) is 12.6. The maximum absolute atomic E-state index is 5.44. The summed E-state index contributed by atoms with van der Waals surface area (Å²) in [5.74, 6) is 2.20. The molecule has 2 nitrogen and oxygen atoms in total. The Morgan fingerprint density at radius 1 is 1.11 bits per heavy atom. The van der Waals surface area contributed by atoms with Crippen LogP contribution in [0.4, 0.5) is 0 Å². The molecule has 1 unspecified atom stereocenters. The Bertz CT molecular complexity index is 213. The number of nitrogens with one attached hydrogen (secondary N) is 1. The summed E-state index contributed by atoms with van der Waals surface area (Å²) in [7, 11) is 2.13. The smallest absolute Gasteiger partial charge is 0.0468 e. The van der Waals surface area contributed by atoms with E-state index in [2.05, 4.69) is 24.1 Å². The highest BCUT2D eigenvalue weighted by Gasteiger charge is 2.20. The van der Waals surface area contributed by atoms with Crippen LogP contribution in [-0.4, -0.2) is 37.3 Å². The standard InChI is InChI=1S/C15H29NOS/c1-16-14(11-13-7-9-17-10-8-13)12-18-15-5-3-2-4-6-15/h13-16H,2-12H2,1H3. The molecule has 1 atom stereocenters. The van der Waals surface area contributed by atoms with Crippen molar-refractivity contribution < 1.29 is 4.74 Å². The van der Waals surface area contributed by atoms with Crippen molar-refractivity contribution in [3.05, 3.63) is 0 Å². The third kappa shape index (κ3) is 5.10. The summed E-state index contributed by atoms with van der Waals surface area (Å²) in [6, 6.07) is 0.708.